The van der Waals surface area contributed by atoms with E-state index < -0.39 is 14.4 Å². The summed E-state index contributed by atoms with van der Waals surface area (Å²) in [6.45, 7) is 5.67. The molecule has 0 amide bonds. The smallest absolute Gasteiger partial charge is 0.394 e. The first-order valence-corrected chi connectivity index (χ1v) is 21.3. The molecule has 0 heterocycles. The number of unbranched alkanes of at least 4 members (excludes halogenated alkanes) is 9. The number of hydrogen-bond donors (Lipinski definition) is 11. The van der Waals surface area contributed by atoms with Crippen molar-refractivity contribution >= 4 is 25.7 Å². The van der Waals surface area contributed by atoms with E-state index in [0.717, 1.165) is 103 Å². The van der Waals surface area contributed by atoms with Crippen LogP contribution in [0.5, 0.6) is 0 Å². The van der Waals surface area contributed by atoms with Crippen LogP contribution in [0.4, 0.5) is 0 Å². The Balaban J connectivity index is 4.73. The molecule has 0 rings (SSSR count). The maximum atomic E-state index is 12.1. The molecule has 0 saturated carbocycles. The van der Waals surface area contributed by atoms with Crippen LogP contribution in [0, 0.1) is 34.0 Å². The van der Waals surface area contributed by atoms with Gasteiger partial charge >= 0.3 is 7.82 Å². The number of nitrogens with two attached hydrogens (primary N) is 3. The van der Waals surface area contributed by atoms with Crippen molar-refractivity contribution in [3.05, 3.63) is 0 Å². The average Bonchev–Trinajstić information content (AvgIpc) is 3.12. The van der Waals surface area contributed by atoms with Gasteiger partial charge in [-0.05, 0) is 44.4 Å². The zero-order valence-electron chi connectivity index (χ0n) is 33.0. The van der Waals surface area contributed by atoms with Gasteiger partial charge in [-0.3, -0.25) is 25.3 Å². The molecular formula is C35H76N9O9P. The predicted octanol–water partition coefficient (Wildman–Crippen LogP) is 3.65. The molecule has 0 aromatic rings. The summed E-state index contributed by atoms with van der Waals surface area (Å²) in [5.41, 5.74) is 16.0. The van der Waals surface area contributed by atoms with Crippen LogP contribution in [0.3, 0.4) is 0 Å². The van der Waals surface area contributed by atoms with Gasteiger partial charge in [0.25, 0.3) is 0 Å². The molecule has 18 nitrogen and oxygen atoms in total. The normalized spacial score (nSPS) is 14.2. The lowest BCUT2D eigenvalue weighted by Crippen LogP contribution is -2.30. The molecule has 0 aromatic heterocycles. The Bertz CT molecular complexity index is 975. The largest absolute Gasteiger partial charge is 0.472 e. The molecule has 0 bridgehead atoms. The van der Waals surface area contributed by atoms with Crippen molar-refractivity contribution in [3.8, 4) is 0 Å². The van der Waals surface area contributed by atoms with Gasteiger partial charge in [-0.25, -0.2) is 4.57 Å². The quantitative estimate of drug-likeness (QED) is 0.0139. The average molecular weight is 798 g/mol. The van der Waals surface area contributed by atoms with E-state index in [2.05, 4.69) is 22.9 Å². The molecule has 0 aromatic carbocycles. The minimum atomic E-state index is -4.29. The van der Waals surface area contributed by atoms with E-state index >= 15 is 0 Å². The molecule has 320 valence electrons. The van der Waals surface area contributed by atoms with Crippen LogP contribution in [0.25, 0.3) is 0 Å². The lowest BCUT2D eigenvalue weighted by atomic mass is 9.99. The van der Waals surface area contributed by atoms with Crippen LogP contribution < -0.4 is 33.2 Å². The number of aliphatic hydroxyl groups excluding tert-OH is 1. The third kappa shape index (κ3) is 36.7. The lowest BCUT2D eigenvalue weighted by molar-refractivity contribution is -0.105. The molecule has 0 fully saturated rings. The topological polar surface area (TPSA) is 299 Å². The number of rotatable bonds is 40. The van der Waals surface area contributed by atoms with Crippen molar-refractivity contribution in [2.75, 3.05) is 79.5 Å². The van der Waals surface area contributed by atoms with Crippen LogP contribution in [-0.4, -0.2) is 107 Å². The number of nitrogens with one attached hydrogen (secondary N) is 6. The van der Waals surface area contributed by atoms with Crippen LogP contribution >= 0.6 is 7.82 Å². The number of ether oxygens (including phenoxy) is 4. The van der Waals surface area contributed by atoms with Gasteiger partial charge in [0.15, 0.2) is 17.9 Å². The van der Waals surface area contributed by atoms with Crippen molar-refractivity contribution < 1.29 is 42.6 Å². The van der Waals surface area contributed by atoms with Crippen LogP contribution in [0.1, 0.15) is 110 Å². The number of phosphoric acid groups is 1. The second-order valence-electron chi connectivity index (χ2n) is 13.7. The molecule has 4 unspecified atom stereocenters. The van der Waals surface area contributed by atoms with Crippen LogP contribution in [0.2, 0.25) is 0 Å². The van der Waals surface area contributed by atoms with Crippen molar-refractivity contribution in [1.82, 2.24) is 16.0 Å². The van der Waals surface area contributed by atoms with E-state index in [1.807, 2.05) is 0 Å². The van der Waals surface area contributed by atoms with Gasteiger partial charge < -0.3 is 62.1 Å². The molecule has 14 N–H and O–H groups in total. The summed E-state index contributed by atoms with van der Waals surface area (Å²) in [6, 6.07) is 0. The Hall–Kier alpha value is -2.28. The highest BCUT2D eigenvalue weighted by Crippen LogP contribution is 2.43. The number of guanidine groups is 3. The Morgan fingerprint density at radius 2 is 0.926 bits per heavy atom. The highest BCUT2D eigenvalue weighted by molar-refractivity contribution is 7.47. The Morgan fingerprint density at radius 3 is 1.30 bits per heavy atom. The fourth-order valence-corrected chi connectivity index (χ4v) is 6.39. The predicted molar refractivity (Wildman–Crippen MR) is 212 cm³/mol. The third-order valence-electron chi connectivity index (χ3n) is 8.71. The zero-order chi connectivity index (χ0) is 40.1. The standard InChI is InChI=1S/C35H76N9O9P/c1-2-30(15-9-3-6-12-18-42-33(36)37)23-48-28-49-24-31(16-10-4-7-13-19-43-34(38)39)25-50-29-51-26-32(27-53-54(46,47)52-22-21-45)17-11-5-8-14-20-44-35(40)41/h30-32,45H,2-29H2,1H3,(H,46,47)(H4,36,37,42)(H4,38,39,43)(H4,40,41,44). The number of phosphoric ester groups is 1. The van der Waals surface area contributed by atoms with Crippen molar-refractivity contribution in [3.63, 3.8) is 0 Å². The molecule has 19 heteroatoms. The van der Waals surface area contributed by atoms with Gasteiger partial charge in [-0.1, -0.05) is 71.1 Å². The second-order valence-corrected chi connectivity index (χ2v) is 15.1. The zero-order valence-corrected chi connectivity index (χ0v) is 33.9. The number of hydrogen-bond acceptors (Lipinski definition) is 11. The van der Waals surface area contributed by atoms with Gasteiger partial charge in [-0.2, -0.15) is 0 Å². The fraction of sp³-hybridized carbons (Fsp3) is 0.914. The summed E-state index contributed by atoms with van der Waals surface area (Å²) in [5, 5.41) is 39.1. The molecule has 54 heavy (non-hydrogen) atoms. The summed E-state index contributed by atoms with van der Waals surface area (Å²) in [4.78, 5) is 9.91. The summed E-state index contributed by atoms with van der Waals surface area (Å²) in [6.07, 6.45) is 15.8. The maximum Gasteiger partial charge on any atom is 0.472 e. The first kappa shape index (κ1) is 51.7. The second kappa shape index (κ2) is 36.4. The van der Waals surface area contributed by atoms with E-state index in [-0.39, 0.29) is 63.1 Å². The van der Waals surface area contributed by atoms with E-state index in [0.29, 0.717) is 45.2 Å². The van der Waals surface area contributed by atoms with Crippen molar-refractivity contribution in [2.45, 2.75) is 110 Å². The van der Waals surface area contributed by atoms with E-state index in [1.165, 1.54) is 0 Å². The molecule has 0 aliphatic heterocycles. The molecule has 0 spiro atoms. The van der Waals surface area contributed by atoms with Gasteiger partial charge in [0.2, 0.25) is 0 Å². The summed E-state index contributed by atoms with van der Waals surface area (Å²) in [7, 11) is -4.29. The SMILES string of the molecule is CCC(CCCCCCNC(=N)N)COCOCC(CCCCCCNC(=N)N)COCOCC(CCCCCCNC(=N)N)COP(=O)(O)OCCO. The Morgan fingerprint density at radius 1 is 0.574 bits per heavy atom. The van der Waals surface area contributed by atoms with Crippen molar-refractivity contribution in [2.24, 2.45) is 35.0 Å². The van der Waals surface area contributed by atoms with Gasteiger partial charge in [0.05, 0.1) is 46.2 Å². The monoisotopic (exact) mass is 798 g/mol. The van der Waals surface area contributed by atoms with Gasteiger partial charge in [-0.15, -0.1) is 0 Å². The van der Waals surface area contributed by atoms with Gasteiger partial charge in [0.1, 0.15) is 13.6 Å². The summed E-state index contributed by atoms with van der Waals surface area (Å²) in [5.74, 6) is 0.431. The van der Waals surface area contributed by atoms with Gasteiger partial charge in [0, 0.05) is 31.5 Å². The minimum Gasteiger partial charge on any atom is -0.394 e. The third-order valence-corrected chi connectivity index (χ3v) is 9.69. The van der Waals surface area contributed by atoms with Crippen LogP contribution in [0.15, 0.2) is 0 Å². The number of aliphatic hydroxyl groups is 1. The highest BCUT2D eigenvalue weighted by Gasteiger charge is 2.23. The minimum absolute atomic E-state index is 0.0103. The maximum absolute atomic E-state index is 12.1. The Labute approximate surface area is 324 Å². The molecule has 0 aliphatic carbocycles. The Kier molecular flexibility index (Phi) is 34.8. The van der Waals surface area contributed by atoms with E-state index in [4.69, 9.17) is 66.5 Å². The molecule has 0 saturated heterocycles. The lowest BCUT2D eigenvalue weighted by Gasteiger charge is -2.21. The molecule has 0 aliphatic rings. The molecular weight excluding hydrogens is 721 g/mol. The molecule has 4 atom stereocenters. The summed E-state index contributed by atoms with van der Waals surface area (Å²) < 4.78 is 45.7. The highest BCUT2D eigenvalue weighted by atomic mass is 31.2. The summed E-state index contributed by atoms with van der Waals surface area (Å²) >= 11 is 0. The van der Waals surface area contributed by atoms with Crippen LogP contribution in [-0.2, 0) is 32.6 Å². The fourth-order valence-electron chi connectivity index (χ4n) is 5.61. The first-order chi connectivity index (χ1) is 26.0. The van der Waals surface area contributed by atoms with Crippen molar-refractivity contribution in [1.29, 1.82) is 16.2 Å². The van der Waals surface area contributed by atoms with E-state index in [1.54, 1.807) is 0 Å². The van der Waals surface area contributed by atoms with E-state index in [9.17, 15) is 9.46 Å². The first-order valence-electron chi connectivity index (χ1n) is 19.8. The molecule has 0 radical (unpaired) electrons.